The lowest BCUT2D eigenvalue weighted by Crippen LogP contribution is -2.26. The number of thioether (sulfide) groups is 1. The summed E-state index contributed by atoms with van der Waals surface area (Å²) >= 11 is 1.52. The molecule has 0 atom stereocenters. The average molecular weight is 352 g/mol. The van der Waals surface area contributed by atoms with E-state index in [0.717, 1.165) is 37.2 Å². The van der Waals surface area contributed by atoms with Crippen molar-refractivity contribution in [2.75, 3.05) is 30.3 Å². The number of nitrogens with zero attached hydrogens (tertiary/aromatic N) is 4. The van der Waals surface area contributed by atoms with E-state index in [4.69, 9.17) is 0 Å². The van der Waals surface area contributed by atoms with Crippen molar-refractivity contribution in [1.29, 1.82) is 0 Å². The first kappa shape index (κ1) is 17.6. The zero-order chi connectivity index (χ0) is 16.8. The predicted octanol–water partition coefficient (Wildman–Crippen LogP) is 3.00. The van der Waals surface area contributed by atoms with Crippen LogP contribution in [0.25, 0.3) is 0 Å². The van der Waals surface area contributed by atoms with E-state index in [0.29, 0.717) is 11.8 Å². The maximum absolute atomic E-state index is 12.0. The molecule has 3 rings (SSSR count). The number of amides is 1. The van der Waals surface area contributed by atoms with Crippen LogP contribution in [-0.4, -0.2) is 46.1 Å². The molecule has 1 saturated heterocycles. The van der Waals surface area contributed by atoms with Gasteiger partial charge in [-0.3, -0.25) is 9.36 Å². The summed E-state index contributed by atoms with van der Waals surface area (Å²) < 4.78 is 2.27. The quantitative estimate of drug-likeness (QED) is 0.519. The summed E-state index contributed by atoms with van der Waals surface area (Å²) in [6.45, 7) is 5.14. The zero-order valence-electron chi connectivity index (χ0n) is 14.7. The number of hydrogen-bond acceptors (Lipinski definition) is 5. The fourth-order valence-electron chi connectivity index (χ4n) is 3.11. The number of unbranched alkanes of at least 4 members (excludes halogenated alkanes) is 3. The number of anilines is 1. The van der Waals surface area contributed by atoms with Crippen LogP contribution in [0.5, 0.6) is 0 Å². The van der Waals surface area contributed by atoms with E-state index in [9.17, 15) is 4.79 Å². The molecule has 1 aromatic rings. The predicted molar refractivity (Wildman–Crippen MR) is 97.6 cm³/mol. The van der Waals surface area contributed by atoms with Gasteiger partial charge in [0.15, 0.2) is 5.16 Å². The van der Waals surface area contributed by atoms with Gasteiger partial charge in [0.2, 0.25) is 11.9 Å². The van der Waals surface area contributed by atoms with Crippen LogP contribution in [0.1, 0.15) is 64.3 Å². The van der Waals surface area contributed by atoms with Crippen LogP contribution in [-0.2, 0) is 4.79 Å². The molecule has 1 N–H and O–H groups in total. The second kappa shape index (κ2) is 8.74. The van der Waals surface area contributed by atoms with Gasteiger partial charge in [-0.25, -0.2) is 0 Å². The number of hydrogen-bond donors (Lipinski definition) is 1. The van der Waals surface area contributed by atoms with Gasteiger partial charge >= 0.3 is 0 Å². The highest BCUT2D eigenvalue weighted by molar-refractivity contribution is 7.99. The van der Waals surface area contributed by atoms with E-state index < -0.39 is 0 Å². The third-order valence-electron chi connectivity index (χ3n) is 4.63. The maximum atomic E-state index is 12.0. The van der Waals surface area contributed by atoms with Gasteiger partial charge in [0.05, 0.1) is 5.75 Å². The van der Waals surface area contributed by atoms with Crippen LogP contribution in [0, 0.1) is 0 Å². The van der Waals surface area contributed by atoms with Gasteiger partial charge in [-0.15, -0.1) is 10.2 Å². The topological polar surface area (TPSA) is 63.1 Å². The van der Waals surface area contributed by atoms with Gasteiger partial charge < -0.3 is 10.2 Å². The van der Waals surface area contributed by atoms with Crippen LogP contribution in [0.15, 0.2) is 5.16 Å². The molecule has 0 bridgehead atoms. The van der Waals surface area contributed by atoms with Crippen molar-refractivity contribution in [2.24, 2.45) is 0 Å². The zero-order valence-corrected chi connectivity index (χ0v) is 15.5. The monoisotopic (exact) mass is 351 g/mol. The van der Waals surface area contributed by atoms with Gasteiger partial charge in [0, 0.05) is 25.7 Å². The smallest absolute Gasteiger partial charge is 0.230 e. The molecule has 6 nitrogen and oxygen atoms in total. The Hall–Kier alpha value is -1.24. The lowest BCUT2D eigenvalue weighted by molar-refractivity contribution is -0.118. The van der Waals surface area contributed by atoms with Crippen LogP contribution in [0.3, 0.4) is 0 Å². The molecule has 2 aliphatic rings. The molecular formula is C17H29N5OS. The molecule has 134 valence electrons. The molecule has 1 aliphatic heterocycles. The Kier molecular flexibility index (Phi) is 6.40. The first-order chi connectivity index (χ1) is 11.8. The van der Waals surface area contributed by atoms with E-state index in [2.05, 4.69) is 31.9 Å². The minimum Gasteiger partial charge on any atom is -0.355 e. The molecule has 24 heavy (non-hydrogen) atoms. The minimum atomic E-state index is 0.101. The fourth-order valence-corrected chi connectivity index (χ4v) is 3.94. The molecule has 1 amide bonds. The summed E-state index contributed by atoms with van der Waals surface area (Å²) in [5.41, 5.74) is 0. The standard InChI is InChI=1S/C17H29N5OS/c1-2-3-4-5-10-18-15(23)13-24-17-20-19-16(21-11-6-7-12-21)22(17)14-8-9-14/h14H,2-13H2,1H3,(H,18,23). The Labute approximate surface area is 148 Å². The number of nitrogens with one attached hydrogen (secondary N) is 1. The van der Waals surface area contributed by atoms with E-state index in [-0.39, 0.29) is 5.91 Å². The third kappa shape index (κ3) is 4.65. The van der Waals surface area contributed by atoms with Crippen LogP contribution in [0.2, 0.25) is 0 Å². The number of carbonyl (C=O) groups is 1. The fraction of sp³-hybridized carbons (Fsp3) is 0.824. The molecule has 1 aliphatic carbocycles. The molecular weight excluding hydrogens is 322 g/mol. The van der Waals surface area contributed by atoms with Crippen LogP contribution < -0.4 is 10.2 Å². The molecule has 0 spiro atoms. The minimum absolute atomic E-state index is 0.101. The Bertz CT molecular complexity index is 537. The summed E-state index contributed by atoms with van der Waals surface area (Å²) in [5, 5.41) is 12.7. The van der Waals surface area contributed by atoms with Crippen molar-refractivity contribution in [2.45, 2.75) is 69.5 Å². The molecule has 2 heterocycles. The van der Waals surface area contributed by atoms with E-state index in [1.54, 1.807) is 0 Å². The van der Waals surface area contributed by atoms with Crippen molar-refractivity contribution < 1.29 is 4.79 Å². The SMILES string of the molecule is CCCCCCNC(=O)CSc1nnc(N2CCCC2)n1C1CC1. The molecule has 1 saturated carbocycles. The van der Waals surface area contributed by atoms with E-state index in [1.807, 2.05) is 0 Å². The van der Waals surface area contributed by atoms with Crippen molar-refractivity contribution in [3.8, 4) is 0 Å². The number of rotatable bonds is 10. The molecule has 7 heteroatoms. The lowest BCUT2D eigenvalue weighted by atomic mass is 10.2. The normalized spacial score (nSPS) is 17.5. The van der Waals surface area contributed by atoms with Gasteiger partial charge in [0.25, 0.3) is 0 Å². The molecule has 2 fully saturated rings. The lowest BCUT2D eigenvalue weighted by Gasteiger charge is -2.17. The summed E-state index contributed by atoms with van der Waals surface area (Å²) in [6, 6.07) is 0.537. The first-order valence-electron chi connectivity index (χ1n) is 9.39. The van der Waals surface area contributed by atoms with Crippen LogP contribution in [0.4, 0.5) is 5.95 Å². The Morgan fingerprint density at radius 3 is 2.71 bits per heavy atom. The van der Waals surface area contributed by atoms with Crippen molar-refractivity contribution in [3.05, 3.63) is 0 Å². The third-order valence-corrected chi connectivity index (χ3v) is 5.58. The maximum Gasteiger partial charge on any atom is 0.230 e. The summed E-state index contributed by atoms with van der Waals surface area (Å²) in [5.74, 6) is 1.54. The van der Waals surface area contributed by atoms with Gasteiger partial charge in [-0.1, -0.05) is 37.9 Å². The molecule has 0 unspecified atom stereocenters. The van der Waals surface area contributed by atoms with E-state index >= 15 is 0 Å². The average Bonchev–Trinajstić information content (AvgIpc) is 3.11. The second-order valence-electron chi connectivity index (χ2n) is 6.78. The molecule has 0 radical (unpaired) electrons. The van der Waals surface area contributed by atoms with Crippen molar-refractivity contribution in [3.63, 3.8) is 0 Å². The highest BCUT2D eigenvalue weighted by Crippen LogP contribution is 2.41. The second-order valence-corrected chi connectivity index (χ2v) is 7.72. The summed E-state index contributed by atoms with van der Waals surface area (Å²) in [4.78, 5) is 14.3. The first-order valence-corrected chi connectivity index (χ1v) is 10.4. The van der Waals surface area contributed by atoms with E-state index in [1.165, 1.54) is 56.7 Å². The van der Waals surface area contributed by atoms with Gasteiger partial charge in [-0.2, -0.15) is 0 Å². The highest BCUT2D eigenvalue weighted by atomic mass is 32.2. The molecule has 0 aromatic carbocycles. The highest BCUT2D eigenvalue weighted by Gasteiger charge is 2.32. The van der Waals surface area contributed by atoms with Crippen molar-refractivity contribution in [1.82, 2.24) is 20.1 Å². The van der Waals surface area contributed by atoms with Crippen molar-refractivity contribution >= 4 is 23.6 Å². The van der Waals surface area contributed by atoms with Gasteiger partial charge in [-0.05, 0) is 32.1 Å². The largest absolute Gasteiger partial charge is 0.355 e. The molecule has 1 aromatic heterocycles. The summed E-state index contributed by atoms with van der Waals surface area (Å²) in [7, 11) is 0. The Morgan fingerprint density at radius 1 is 1.21 bits per heavy atom. The van der Waals surface area contributed by atoms with Crippen LogP contribution >= 0.6 is 11.8 Å². The summed E-state index contributed by atoms with van der Waals surface area (Å²) in [6.07, 6.45) is 9.61. The number of aromatic nitrogens is 3. The van der Waals surface area contributed by atoms with Gasteiger partial charge in [0.1, 0.15) is 0 Å². The Balaban J connectivity index is 1.49. The Morgan fingerprint density at radius 2 is 2.00 bits per heavy atom. The number of carbonyl (C=O) groups excluding carboxylic acids is 1.